The average Bonchev–Trinajstić information content (AvgIpc) is 2.85. The molecular weight excluding hydrogens is 188 g/mol. The topological polar surface area (TPSA) is 53.6 Å². The molecule has 1 saturated carbocycles. The number of allylic oxidation sites excluding steroid dienone is 2. The molecule has 0 saturated heterocycles. The third-order valence-corrected chi connectivity index (χ3v) is 3.38. The Balaban J connectivity index is 1.96. The Bertz CT molecular complexity index is 361. The smallest absolute Gasteiger partial charge is 0.144 e. The molecule has 15 heavy (non-hydrogen) atoms. The number of nitrogens with two attached hydrogens (primary N) is 1. The second-order valence-corrected chi connectivity index (χ2v) is 4.34. The predicted molar refractivity (Wildman–Crippen MR) is 59.6 cm³/mol. The highest BCUT2D eigenvalue weighted by Gasteiger charge is 2.31. The van der Waals surface area contributed by atoms with E-state index in [0.717, 1.165) is 18.1 Å². The minimum atomic E-state index is 0.616. The first kappa shape index (κ1) is 8.97. The van der Waals surface area contributed by atoms with E-state index in [1.54, 1.807) is 6.21 Å². The molecule has 0 aromatic rings. The van der Waals surface area contributed by atoms with Crippen molar-refractivity contribution in [3.05, 3.63) is 23.3 Å². The lowest BCUT2D eigenvalue weighted by molar-refractivity contribution is 0.301. The first-order valence-corrected chi connectivity index (χ1v) is 5.64. The summed E-state index contributed by atoms with van der Waals surface area (Å²) in [6, 6.07) is 0. The lowest BCUT2D eigenvalue weighted by Crippen LogP contribution is -2.37. The van der Waals surface area contributed by atoms with Gasteiger partial charge in [-0.15, -0.1) is 0 Å². The van der Waals surface area contributed by atoms with Crippen molar-refractivity contribution < 1.29 is 0 Å². The van der Waals surface area contributed by atoms with E-state index in [9.17, 15) is 0 Å². The summed E-state index contributed by atoms with van der Waals surface area (Å²) in [6.45, 7) is 0.857. The number of fused-ring (bicyclic) bond motifs is 1. The fourth-order valence-corrected chi connectivity index (χ4v) is 2.67. The van der Waals surface area contributed by atoms with Crippen LogP contribution in [0.5, 0.6) is 0 Å². The van der Waals surface area contributed by atoms with Crippen LogP contribution >= 0.6 is 0 Å². The molecule has 80 valence electrons. The summed E-state index contributed by atoms with van der Waals surface area (Å²) in [5.41, 5.74) is 11.4. The maximum absolute atomic E-state index is 6.04. The summed E-state index contributed by atoms with van der Waals surface area (Å²) in [7, 11) is 0. The average molecular weight is 204 g/mol. The number of nitrogens with zero attached hydrogens (tertiary/aromatic N) is 2. The van der Waals surface area contributed by atoms with Gasteiger partial charge in [0.2, 0.25) is 0 Å². The van der Waals surface area contributed by atoms with Crippen LogP contribution in [0, 0.1) is 5.92 Å². The molecule has 0 bridgehead atoms. The fraction of sp³-hybridized carbons (Fsp3) is 0.545. The molecule has 4 nitrogen and oxygen atoms in total. The zero-order chi connectivity index (χ0) is 10.3. The molecule has 4 heteroatoms. The Morgan fingerprint density at radius 1 is 1.40 bits per heavy atom. The number of hydrogen-bond donors (Lipinski definition) is 2. The summed E-state index contributed by atoms with van der Waals surface area (Å²) < 4.78 is 0. The van der Waals surface area contributed by atoms with Crippen LogP contribution in [0.15, 0.2) is 28.3 Å². The number of hydrazine groups is 1. The minimum absolute atomic E-state index is 0.616. The van der Waals surface area contributed by atoms with Gasteiger partial charge in [-0.25, -0.2) is 10.4 Å². The van der Waals surface area contributed by atoms with E-state index in [0.29, 0.717) is 5.92 Å². The zero-order valence-electron chi connectivity index (χ0n) is 8.74. The molecule has 0 aromatic heterocycles. The second-order valence-electron chi connectivity index (χ2n) is 4.34. The molecule has 3 N–H and O–H groups in total. The first-order chi connectivity index (χ1) is 7.36. The van der Waals surface area contributed by atoms with E-state index >= 15 is 0 Å². The van der Waals surface area contributed by atoms with Crippen LogP contribution < -0.4 is 11.2 Å². The standard InChI is InChI=1S/C11H16N4/c12-9-7-13-10-5-6-14-15(10)11(9)8-3-1-2-4-8/h5,7-8,14H,1-4,6,12H2. The third kappa shape index (κ3) is 1.36. The summed E-state index contributed by atoms with van der Waals surface area (Å²) in [5, 5.41) is 2.07. The molecule has 3 aliphatic rings. The van der Waals surface area contributed by atoms with Crippen molar-refractivity contribution in [2.45, 2.75) is 25.7 Å². The Hall–Kier alpha value is -1.29. The molecular formula is C11H16N4. The normalized spacial score (nSPS) is 26.1. The molecule has 0 radical (unpaired) electrons. The highest BCUT2D eigenvalue weighted by molar-refractivity contribution is 5.80. The lowest BCUT2D eigenvalue weighted by Gasteiger charge is -2.30. The van der Waals surface area contributed by atoms with Crippen molar-refractivity contribution in [2.75, 3.05) is 6.54 Å². The van der Waals surface area contributed by atoms with Crippen molar-refractivity contribution in [2.24, 2.45) is 16.6 Å². The predicted octanol–water partition coefficient (Wildman–Crippen LogP) is 1.09. The Labute approximate surface area is 89.5 Å². The largest absolute Gasteiger partial charge is 0.396 e. The highest BCUT2D eigenvalue weighted by Crippen LogP contribution is 2.36. The summed E-state index contributed by atoms with van der Waals surface area (Å²) in [4.78, 5) is 4.31. The molecule has 1 fully saturated rings. The third-order valence-electron chi connectivity index (χ3n) is 3.38. The molecule has 3 rings (SSSR count). The maximum atomic E-state index is 6.04. The molecule has 0 spiro atoms. The molecule has 0 aromatic carbocycles. The fourth-order valence-electron chi connectivity index (χ4n) is 2.67. The van der Waals surface area contributed by atoms with Crippen LogP contribution in [0.4, 0.5) is 0 Å². The van der Waals surface area contributed by atoms with Gasteiger partial charge < -0.3 is 5.73 Å². The number of aliphatic imine (C=N–C) groups is 1. The highest BCUT2D eigenvalue weighted by atomic mass is 15.6. The van der Waals surface area contributed by atoms with Gasteiger partial charge in [0.1, 0.15) is 5.82 Å². The van der Waals surface area contributed by atoms with Gasteiger partial charge in [-0.1, -0.05) is 12.8 Å². The summed E-state index contributed by atoms with van der Waals surface area (Å²) in [6.07, 6.45) is 9.06. The van der Waals surface area contributed by atoms with Gasteiger partial charge in [0, 0.05) is 12.5 Å². The lowest BCUT2D eigenvalue weighted by atomic mass is 10.0. The monoisotopic (exact) mass is 204 g/mol. The first-order valence-electron chi connectivity index (χ1n) is 5.64. The maximum Gasteiger partial charge on any atom is 0.144 e. The SMILES string of the molecule is NC1=C(C2CCCC2)N2NCC=C2N=C1. The van der Waals surface area contributed by atoms with Crippen LogP contribution in [0.2, 0.25) is 0 Å². The van der Waals surface area contributed by atoms with Gasteiger partial charge >= 0.3 is 0 Å². The van der Waals surface area contributed by atoms with Crippen LogP contribution in [-0.2, 0) is 0 Å². The molecule has 2 heterocycles. The Kier molecular flexibility index (Phi) is 2.02. The summed E-state index contributed by atoms with van der Waals surface area (Å²) >= 11 is 0. The van der Waals surface area contributed by atoms with E-state index in [1.807, 2.05) is 0 Å². The van der Waals surface area contributed by atoms with Gasteiger partial charge in [-0.3, -0.25) is 5.01 Å². The van der Waals surface area contributed by atoms with Crippen molar-refractivity contribution in [1.82, 2.24) is 10.4 Å². The van der Waals surface area contributed by atoms with Crippen LogP contribution in [0.1, 0.15) is 25.7 Å². The van der Waals surface area contributed by atoms with Crippen LogP contribution in [0.25, 0.3) is 0 Å². The number of hydrogen-bond acceptors (Lipinski definition) is 4. The van der Waals surface area contributed by atoms with Crippen molar-refractivity contribution >= 4 is 6.21 Å². The van der Waals surface area contributed by atoms with Crippen molar-refractivity contribution in [1.29, 1.82) is 0 Å². The van der Waals surface area contributed by atoms with Crippen molar-refractivity contribution in [3.63, 3.8) is 0 Å². The number of rotatable bonds is 1. The molecule has 2 aliphatic heterocycles. The van der Waals surface area contributed by atoms with Crippen LogP contribution in [-0.4, -0.2) is 17.8 Å². The Morgan fingerprint density at radius 3 is 3.00 bits per heavy atom. The van der Waals surface area contributed by atoms with E-state index in [-0.39, 0.29) is 0 Å². The van der Waals surface area contributed by atoms with Gasteiger partial charge in [-0.2, -0.15) is 0 Å². The molecule has 0 atom stereocenters. The van der Waals surface area contributed by atoms with Gasteiger partial charge in [-0.05, 0) is 18.9 Å². The van der Waals surface area contributed by atoms with Crippen LogP contribution in [0.3, 0.4) is 0 Å². The van der Waals surface area contributed by atoms with E-state index in [1.165, 1.54) is 31.4 Å². The van der Waals surface area contributed by atoms with E-state index in [2.05, 4.69) is 21.5 Å². The molecule has 0 unspecified atom stereocenters. The molecule has 0 amide bonds. The minimum Gasteiger partial charge on any atom is -0.396 e. The van der Waals surface area contributed by atoms with Gasteiger partial charge in [0.15, 0.2) is 0 Å². The molecule has 1 aliphatic carbocycles. The van der Waals surface area contributed by atoms with Crippen molar-refractivity contribution in [3.8, 4) is 0 Å². The van der Waals surface area contributed by atoms with E-state index in [4.69, 9.17) is 5.73 Å². The quantitative estimate of drug-likeness (QED) is 0.672. The van der Waals surface area contributed by atoms with E-state index < -0.39 is 0 Å². The van der Waals surface area contributed by atoms with Gasteiger partial charge in [0.05, 0.1) is 17.6 Å². The Morgan fingerprint density at radius 2 is 2.20 bits per heavy atom. The van der Waals surface area contributed by atoms with Gasteiger partial charge in [0.25, 0.3) is 0 Å². The summed E-state index contributed by atoms with van der Waals surface area (Å²) in [5.74, 6) is 1.62. The number of nitrogens with one attached hydrogen (secondary N) is 1. The zero-order valence-corrected chi connectivity index (χ0v) is 8.74. The second kappa shape index (κ2) is 3.38.